The first-order valence-corrected chi connectivity index (χ1v) is 7.75. The molecule has 0 saturated heterocycles. The number of hydrogen-bond donors (Lipinski definition) is 2. The summed E-state index contributed by atoms with van der Waals surface area (Å²) in [6, 6.07) is 19.3. The van der Waals surface area contributed by atoms with Gasteiger partial charge >= 0.3 is 0 Å². The van der Waals surface area contributed by atoms with E-state index in [4.69, 9.17) is 33.4 Å². The van der Waals surface area contributed by atoms with Crippen molar-refractivity contribution >= 4 is 80.4 Å². The Morgan fingerprint density at radius 1 is 0.600 bits per heavy atom. The molecule has 123 valence electrons. The van der Waals surface area contributed by atoms with Gasteiger partial charge in [-0.05, 0) is 72.8 Å². The number of halogens is 2. The van der Waals surface area contributed by atoms with Gasteiger partial charge in [0.2, 0.25) is 0 Å². The van der Waals surface area contributed by atoms with Crippen molar-refractivity contribution in [3.63, 3.8) is 0 Å². The second kappa shape index (κ2) is 11.0. The maximum absolute atomic E-state index is 12.0. The van der Waals surface area contributed by atoms with Crippen LogP contribution in [0.25, 0.3) is 0 Å². The van der Waals surface area contributed by atoms with Gasteiger partial charge in [-0.2, -0.15) is 0 Å². The summed E-state index contributed by atoms with van der Waals surface area (Å²) in [7, 11) is 0. The van der Waals surface area contributed by atoms with Gasteiger partial charge in [0.25, 0.3) is 0 Å². The number of phenolic OH excluding ortho intramolecular Hbond substituents is 2. The summed E-state index contributed by atoms with van der Waals surface area (Å²) in [5, 5.41) is 18.5. The van der Waals surface area contributed by atoms with E-state index in [0.717, 1.165) is 0 Å². The third kappa shape index (κ3) is 7.50. The number of carbonyl (C=O) groups excluding carboxylic acids is 1. The van der Waals surface area contributed by atoms with Crippen LogP contribution in [0, 0.1) is 0 Å². The first kappa shape index (κ1) is 22.2. The fourth-order valence-corrected chi connectivity index (χ4v) is 2.07. The van der Waals surface area contributed by atoms with Gasteiger partial charge in [-0.15, -0.1) is 0 Å². The zero-order valence-electron chi connectivity index (χ0n) is 13.5. The summed E-state index contributed by atoms with van der Waals surface area (Å²) in [5.41, 5.74) is 1.23. The number of ketones is 1. The van der Waals surface area contributed by atoms with Crippen LogP contribution in [0.4, 0.5) is 0 Å². The second-order valence-corrected chi connectivity index (χ2v) is 5.73. The minimum Gasteiger partial charge on any atom is -0.508 e. The average Bonchev–Trinajstić information content (AvgIpc) is 2.59. The summed E-state index contributed by atoms with van der Waals surface area (Å²) in [6.07, 6.45) is 0. The molecule has 0 unspecified atom stereocenters. The number of hydrogen-bond acceptors (Lipinski definition) is 3. The zero-order valence-corrected chi connectivity index (χ0v) is 18.1. The van der Waals surface area contributed by atoms with Crippen LogP contribution in [0.1, 0.15) is 15.9 Å². The molecule has 0 spiro atoms. The Hall–Kier alpha value is -0.854. The molecule has 25 heavy (non-hydrogen) atoms. The fourth-order valence-electron chi connectivity index (χ4n) is 1.82. The molecule has 0 aliphatic heterocycles. The van der Waals surface area contributed by atoms with E-state index >= 15 is 0 Å². The molecule has 2 N–H and O–H groups in total. The number of carbonyl (C=O) groups is 1. The number of aromatic hydroxyl groups is 2. The predicted molar refractivity (Wildman–Crippen MR) is 102 cm³/mol. The zero-order chi connectivity index (χ0) is 17.5. The normalized spacial score (nSPS) is 9.36. The molecule has 0 saturated carbocycles. The number of rotatable bonds is 2. The quantitative estimate of drug-likeness (QED) is 0.364. The van der Waals surface area contributed by atoms with Gasteiger partial charge in [0, 0.05) is 72.6 Å². The van der Waals surface area contributed by atoms with Crippen LogP contribution in [0.3, 0.4) is 0 Å². The third-order valence-electron chi connectivity index (χ3n) is 3.06. The van der Waals surface area contributed by atoms with E-state index in [1.807, 2.05) is 0 Å². The number of phenols is 2. The van der Waals surface area contributed by atoms with Crippen molar-refractivity contribution in [3.8, 4) is 11.5 Å². The molecule has 0 aromatic heterocycles. The summed E-state index contributed by atoms with van der Waals surface area (Å²) in [4.78, 5) is 12.0. The van der Waals surface area contributed by atoms with Crippen molar-refractivity contribution in [1.82, 2.24) is 0 Å². The summed E-state index contributed by atoms with van der Waals surface area (Å²) in [5.74, 6) is 0.305. The smallest absolute Gasteiger partial charge is 0.193 e. The van der Waals surface area contributed by atoms with Crippen LogP contribution in [0.2, 0.25) is 10.0 Å². The van der Waals surface area contributed by atoms with E-state index in [0.29, 0.717) is 21.2 Å². The van der Waals surface area contributed by atoms with Crippen molar-refractivity contribution in [2.24, 2.45) is 0 Å². The Morgan fingerprint density at radius 3 is 1.16 bits per heavy atom. The Labute approximate surface area is 198 Å². The van der Waals surface area contributed by atoms with Crippen LogP contribution >= 0.6 is 23.2 Å². The summed E-state index contributed by atoms with van der Waals surface area (Å²) >= 11 is 11.5. The van der Waals surface area contributed by atoms with Gasteiger partial charge in [0.05, 0.1) is 0 Å². The van der Waals surface area contributed by atoms with Crippen molar-refractivity contribution in [3.05, 3.63) is 94.0 Å². The monoisotopic (exact) mass is 399 g/mol. The van der Waals surface area contributed by atoms with Crippen LogP contribution in [0.15, 0.2) is 72.8 Å². The Bertz CT molecular complexity index is 733. The molecule has 0 fully saturated rings. The molecule has 3 aromatic rings. The van der Waals surface area contributed by atoms with Gasteiger partial charge < -0.3 is 10.2 Å². The molecule has 3 rings (SSSR count). The van der Waals surface area contributed by atoms with E-state index in [-0.39, 0.29) is 68.7 Å². The van der Waals surface area contributed by atoms with Crippen LogP contribution in [0.5, 0.6) is 11.5 Å². The van der Waals surface area contributed by atoms with Gasteiger partial charge in [0.15, 0.2) is 5.78 Å². The third-order valence-corrected chi connectivity index (χ3v) is 3.57. The molecule has 0 heterocycles. The van der Waals surface area contributed by atoms with E-state index < -0.39 is 0 Å². The summed E-state index contributed by atoms with van der Waals surface area (Å²) < 4.78 is 0. The van der Waals surface area contributed by atoms with Crippen LogP contribution < -0.4 is 0 Å². The average molecular weight is 400 g/mol. The van der Waals surface area contributed by atoms with E-state index in [1.165, 1.54) is 24.3 Å². The van der Waals surface area contributed by atoms with Gasteiger partial charge in [-0.1, -0.05) is 23.2 Å². The first-order valence-electron chi connectivity index (χ1n) is 6.99. The minimum absolute atomic E-state index is 0. The SMILES string of the molecule is O=C(c1ccc(Cl)cc1)c1ccc(Cl)cc1.Oc1ccc(O)cc1.[K]. The number of benzene rings is 3. The molecular formula is C19H14Cl2KO3. The minimum atomic E-state index is -0.0340. The fraction of sp³-hybridized carbons (Fsp3) is 0. The van der Waals surface area contributed by atoms with Crippen molar-refractivity contribution in [2.75, 3.05) is 0 Å². The maximum Gasteiger partial charge on any atom is 0.193 e. The molecule has 0 atom stereocenters. The Balaban J connectivity index is 0.000000295. The van der Waals surface area contributed by atoms with E-state index in [9.17, 15) is 4.79 Å². The molecule has 0 aliphatic rings. The molecule has 0 amide bonds. The predicted octanol–water partition coefficient (Wildman–Crippen LogP) is 4.94. The first-order chi connectivity index (χ1) is 11.5. The van der Waals surface area contributed by atoms with Gasteiger partial charge in [-0.25, -0.2) is 0 Å². The molecule has 3 aromatic carbocycles. The van der Waals surface area contributed by atoms with Crippen LogP contribution in [-0.2, 0) is 0 Å². The topological polar surface area (TPSA) is 57.5 Å². The maximum atomic E-state index is 12.0. The van der Waals surface area contributed by atoms with Gasteiger partial charge in [0.1, 0.15) is 11.5 Å². The molecular weight excluding hydrogens is 386 g/mol. The molecule has 1 radical (unpaired) electrons. The molecule has 3 nitrogen and oxygen atoms in total. The van der Waals surface area contributed by atoms with E-state index in [2.05, 4.69) is 0 Å². The van der Waals surface area contributed by atoms with Gasteiger partial charge in [-0.3, -0.25) is 4.79 Å². The largest absolute Gasteiger partial charge is 0.508 e. The van der Waals surface area contributed by atoms with Crippen molar-refractivity contribution in [2.45, 2.75) is 0 Å². The molecule has 0 bridgehead atoms. The standard InChI is InChI=1S/C13H8Cl2O.C6H6O2.K/c14-11-5-1-9(2-6-11)13(16)10-3-7-12(15)8-4-10;7-5-1-2-6(8)4-3-5;/h1-8H;1-4,7-8H;. The van der Waals surface area contributed by atoms with Crippen molar-refractivity contribution < 1.29 is 15.0 Å². The second-order valence-electron chi connectivity index (χ2n) is 4.86. The molecule has 6 heteroatoms. The molecule has 0 aliphatic carbocycles. The van der Waals surface area contributed by atoms with Crippen LogP contribution in [-0.4, -0.2) is 67.4 Å². The van der Waals surface area contributed by atoms with E-state index in [1.54, 1.807) is 48.5 Å². The van der Waals surface area contributed by atoms with Crippen molar-refractivity contribution in [1.29, 1.82) is 0 Å². The Kier molecular flexibility index (Phi) is 9.75. The summed E-state index contributed by atoms with van der Waals surface area (Å²) in [6.45, 7) is 0. The Morgan fingerprint density at radius 2 is 0.880 bits per heavy atom.